The van der Waals surface area contributed by atoms with Crippen molar-refractivity contribution in [2.24, 2.45) is 0 Å². The zero-order valence-corrected chi connectivity index (χ0v) is 17.0. The number of aromatic nitrogens is 3. The summed E-state index contributed by atoms with van der Waals surface area (Å²) in [5.41, 5.74) is 2.96. The highest BCUT2D eigenvalue weighted by atomic mass is 35.5. The van der Waals surface area contributed by atoms with Crippen molar-refractivity contribution in [3.63, 3.8) is 0 Å². The average Bonchev–Trinajstić information content (AvgIpc) is 3.06. The normalized spacial score (nSPS) is 11.3. The van der Waals surface area contributed by atoms with Gasteiger partial charge in [0.1, 0.15) is 12.7 Å². The summed E-state index contributed by atoms with van der Waals surface area (Å²) in [5.74, 6) is 0.691. The van der Waals surface area contributed by atoms with E-state index < -0.39 is 0 Å². The Morgan fingerprint density at radius 3 is 2.67 bits per heavy atom. The summed E-state index contributed by atoms with van der Waals surface area (Å²) in [6, 6.07) is 7.71. The zero-order valence-electron chi connectivity index (χ0n) is 16.2. The third-order valence-corrected chi connectivity index (χ3v) is 3.76. The first-order chi connectivity index (χ1) is 13.1. The molecule has 0 N–H and O–H groups in total. The van der Waals surface area contributed by atoms with E-state index >= 15 is 0 Å². The number of allylic oxidation sites excluding steroid dienone is 5. The van der Waals surface area contributed by atoms with Gasteiger partial charge in [-0.15, -0.1) is 0 Å². The molecule has 0 bridgehead atoms. The van der Waals surface area contributed by atoms with E-state index in [1.165, 1.54) is 0 Å². The van der Waals surface area contributed by atoms with Crippen LogP contribution in [0.2, 0.25) is 0 Å². The molecule has 27 heavy (non-hydrogen) atoms. The number of nitrogens with zero attached hydrogens (tertiary/aromatic N) is 4. The molecule has 2 heterocycles. The quantitative estimate of drug-likeness (QED) is 0.457. The molecule has 6 heteroatoms. The fourth-order valence-electron chi connectivity index (χ4n) is 2.17. The maximum atomic E-state index is 9.05. The minimum atomic E-state index is 0.214. The predicted molar refractivity (Wildman–Crippen MR) is 110 cm³/mol. The van der Waals surface area contributed by atoms with E-state index in [2.05, 4.69) is 16.7 Å². The highest BCUT2D eigenvalue weighted by Crippen LogP contribution is 2.23. The van der Waals surface area contributed by atoms with Gasteiger partial charge in [-0.3, -0.25) is 4.98 Å². The second-order valence-electron chi connectivity index (χ2n) is 5.22. The van der Waals surface area contributed by atoms with Crippen molar-refractivity contribution in [2.45, 2.75) is 40.7 Å². The van der Waals surface area contributed by atoms with Gasteiger partial charge in [-0.05, 0) is 37.6 Å². The highest BCUT2D eigenvalue weighted by molar-refractivity contribution is 6.32. The number of hydrogen-bond donors (Lipinski definition) is 0. The molecule has 2 aromatic heterocycles. The number of ether oxygens (including phenoxy) is 1. The standard InChI is InChI=1S/C19H19ClN4O.C2H6/c1-4-18(9-8-16(11-21)14(2)20)24-15(3)19(12-23-24)25-13-17-7-5-6-10-22-17;1-2/h5-10,12H,2,4,13H2,1,3H3;1-2H3/b16-8-,18-9+;. The minimum absolute atomic E-state index is 0.214. The van der Waals surface area contributed by atoms with Gasteiger partial charge >= 0.3 is 0 Å². The first-order valence-corrected chi connectivity index (χ1v) is 9.18. The van der Waals surface area contributed by atoms with E-state index in [9.17, 15) is 0 Å². The lowest BCUT2D eigenvalue weighted by Crippen LogP contribution is -2.02. The summed E-state index contributed by atoms with van der Waals surface area (Å²) in [6.07, 6.45) is 7.60. The van der Waals surface area contributed by atoms with Crippen LogP contribution in [0.1, 0.15) is 38.6 Å². The fraction of sp³-hybridized carbons (Fsp3) is 0.286. The molecule has 0 amide bonds. The molecule has 0 aliphatic rings. The van der Waals surface area contributed by atoms with Crippen LogP contribution in [0.25, 0.3) is 5.70 Å². The molecule has 0 saturated carbocycles. The Morgan fingerprint density at radius 1 is 1.37 bits per heavy atom. The van der Waals surface area contributed by atoms with Gasteiger partial charge in [0.15, 0.2) is 5.75 Å². The van der Waals surface area contributed by atoms with Crippen molar-refractivity contribution >= 4 is 17.3 Å². The van der Waals surface area contributed by atoms with Crippen LogP contribution >= 0.6 is 11.6 Å². The maximum absolute atomic E-state index is 9.05. The molecule has 0 aliphatic carbocycles. The Bertz CT molecular complexity index is 845. The lowest BCUT2D eigenvalue weighted by Gasteiger charge is -2.08. The minimum Gasteiger partial charge on any atom is -0.484 e. The fourth-order valence-corrected chi connectivity index (χ4v) is 2.27. The van der Waals surface area contributed by atoms with E-state index in [1.807, 2.05) is 58.0 Å². The molecule has 2 rings (SSSR count). The number of halogens is 1. The summed E-state index contributed by atoms with van der Waals surface area (Å²) in [7, 11) is 0. The zero-order chi connectivity index (χ0) is 20.2. The maximum Gasteiger partial charge on any atom is 0.161 e. The molecular formula is C21H25ClN4O. The molecule has 2 aromatic rings. The van der Waals surface area contributed by atoms with E-state index in [0.29, 0.717) is 17.9 Å². The van der Waals surface area contributed by atoms with Crippen LogP contribution in [0, 0.1) is 18.3 Å². The number of nitriles is 1. The molecule has 5 nitrogen and oxygen atoms in total. The first kappa shape index (κ1) is 22.2. The smallest absolute Gasteiger partial charge is 0.161 e. The summed E-state index contributed by atoms with van der Waals surface area (Å²) >= 11 is 5.79. The van der Waals surface area contributed by atoms with Gasteiger partial charge in [0.25, 0.3) is 0 Å². The van der Waals surface area contributed by atoms with Crippen LogP contribution in [0.4, 0.5) is 0 Å². The van der Waals surface area contributed by atoms with Crippen molar-refractivity contribution < 1.29 is 4.74 Å². The van der Waals surface area contributed by atoms with Gasteiger partial charge < -0.3 is 4.74 Å². The van der Waals surface area contributed by atoms with Crippen LogP contribution in [0.15, 0.2) is 59.9 Å². The van der Waals surface area contributed by atoms with Gasteiger partial charge in [0.2, 0.25) is 0 Å². The van der Waals surface area contributed by atoms with Crippen LogP contribution in [-0.2, 0) is 6.61 Å². The second kappa shape index (κ2) is 11.7. The molecule has 0 fully saturated rings. The molecule has 0 unspecified atom stereocenters. The Morgan fingerprint density at radius 2 is 2.11 bits per heavy atom. The third-order valence-electron chi connectivity index (χ3n) is 3.56. The van der Waals surface area contributed by atoms with Gasteiger partial charge in [0, 0.05) is 11.9 Å². The summed E-state index contributed by atoms with van der Waals surface area (Å²) in [5, 5.41) is 13.6. The molecule has 0 saturated heterocycles. The molecular weight excluding hydrogens is 360 g/mol. The molecule has 0 radical (unpaired) electrons. The van der Waals surface area contributed by atoms with E-state index in [0.717, 1.165) is 23.5 Å². The lowest BCUT2D eigenvalue weighted by molar-refractivity contribution is 0.299. The van der Waals surface area contributed by atoms with Crippen LogP contribution < -0.4 is 4.74 Å². The number of rotatable bonds is 7. The Kier molecular flexibility index (Phi) is 9.63. The number of pyridine rings is 1. The van der Waals surface area contributed by atoms with Crippen molar-refractivity contribution in [1.29, 1.82) is 5.26 Å². The Balaban J connectivity index is 0.00000176. The van der Waals surface area contributed by atoms with E-state index in [-0.39, 0.29) is 5.03 Å². The van der Waals surface area contributed by atoms with E-state index in [1.54, 1.807) is 23.2 Å². The van der Waals surface area contributed by atoms with Gasteiger partial charge in [-0.1, -0.05) is 45.0 Å². The lowest BCUT2D eigenvalue weighted by atomic mass is 10.2. The monoisotopic (exact) mass is 384 g/mol. The van der Waals surface area contributed by atoms with Crippen LogP contribution in [-0.4, -0.2) is 14.8 Å². The van der Waals surface area contributed by atoms with Gasteiger partial charge in [-0.2, -0.15) is 10.4 Å². The number of hydrogen-bond acceptors (Lipinski definition) is 4. The average molecular weight is 385 g/mol. The van der Waals surface area contributed by atoms with Crippen LogP contribution in [0.3, 0.4) is 0 Å². The van der Waals surface area contributed by atoms with E-state index in [4.69, 9.17) is 21.6 Å². The van der Waals surface area contributed by atoms with Crippen molar-refractivity contribution in [3.8, 4) is 11.8 Å². The SMILES string of the molecule is C=C(Cl)/C(C#N)=C\C=C(/CC)n1ncc(OCc2ccccn2)c1C.CC. The van der Waals surface area contributed by atoms with Crippen molar-refractivity contribution in [1.82, 2.24) is 14.8 Å². The van der Waals surface area contributed by atoms with Gasteiger partial charge in [0.05, 0.1) is 28.2 Å². The summed E-state index contributed by atoms with van der Waals surface area (Å²) in [4.78, 5) is 4.23. The molecule has 0 aliphatic heterocycles. The Labute approximate surface area is 166 Å². The highest BCUT2D eigenvalue weighted by Gasteiger charge is 2.10. The third kappa shape index (κ3) is 6.43. The summed E-state index contributed by atoms with van der Waals surface area (Å²) in [6.45, 7) is 11.9. The predicted octanol–water partition coefficient (Wildman–Crippen LogP) is 5.65. The molecule has 0 atom stereocenters. The molecule has 0 aromatic carbocycles. The topological polar surface area (TPSA) is 63.7 Å². The first-order valence-electron chi connectivity index (χ1n) is 8.80. The van der Waals surface area contributed by atoms with Crippen molar-refractivity contribution in [2.75, 3.05) is 0 Å². The Hall–Kier alpha value is -2.84. The second-order valence-corrected chi connectivity index (χ2v) is 5.68. The van der Waals surface area contributed by atoms with Gasteiger partial charge in [-0.25, -0.2) is 4.68 Å². The van der Waals surface area contributed by atoms with Crippen LogP contribution in [0.5, 0.6) is 5.75 Å². The van der Waals surface area contributed by atoms with Crippen molar-refractivity contribution in [3.05, 3.63) is 71.3 Å². The molecule has 0 spiro atoms. The molecule has 142 valence electrons. The largest absolute Gasteiger partial charge is 0.484 e. The summed E-state index contributed by atoms with van der Waals surface area (Å²) < 4.78 is 7.60.